The molecule has 3 heterocycles. The predicted molar refractivity (Wildman–Crippen MR) is 138 cm³/mol. The minimum absolute atomic E-state index is 0.177. The van der Waals surface area contributed by atoms with Gasteiger partial charge < -0.3 is 34.9 Å². The first kappa shape index (κ1) is 25.3. The van der Waals surface area contributed by atoms with Gasteiger partial charge in [-0.15, -0.1) is 0 Å². The van der Waals surface area contributed by atoms with Crippen LogP contribution in [0.25, 0.3) is 0 Å². The van der Waals surface area contributed by atoms with E-state index in [1.807, 2.05) is 18.2 Å². The third kappa shape index (κ3) is 5.69. The van der Waals surface area contributed by atoms with Crippen molar-refractivity contribution in [1.82, 2.24) is 20.3 Å². The molecule has 1 aliphatic rings. The Morgan fingerprint density at radius 1 is 1.08 bits per heavy atom. The molecule has 0 atom stereocenters. The first-order valence-corrected chi connectivity index (χ1v) is 12.1. The Balaban J connectivity index is 1.61. The Morgan fingerprint density at radius 3 is 2.36 bits per heavy atom. The zero-order chi connectivity index (χ0) is 25.7. The molecule has 0 radical (unpaired) electrons. The van der Waals surface area contributed by atoms with Crippen molar-refractivity contribution in [2.24, 2.45) is 0 Å². The summed E-state index contributed by atoms with van der Waals surface area (Å²) in [4.78, 5) is 27.3. The second-order valence-electron chi connectivity index (χ2n) is 7.92. The van der Waals surface area contributed by atoms with E-state index >= 15 is 0 Å². The van der Waals surface area contributed by atoms with Crippen LogP contribution in [0.5, 0.6) is 17.2 Å². The molecule has 0 bridgehead atoms. The topological polar surface area (TPSA) is 143 Å². The molecule has 0 amide bonds. The van der Waals surface area contributed by atoms with E-state index in [2.05, 4.69) is 35.8 Å². The number of hydrogen-bond donors (Lipinski definition) is 4. The minimum atomic E-state index is -1.01. The predicted octanol–water partition coefficient (Wildman–Crippen LogP) is 2.73. The number of methoxy groups -OCH3 is 3. The molecule has 0 unspecified atom stereocenters. The number of rotatable bonds is 10. The summed E-state index contributed by atoms with van der Waals surface area (Å²) in [5.74, 6) is 2.32. The van der Waals surface area contributed by atoms with Crippen LogP contribution in [-0.2, 0) is 6.54 Å². The normalized spacial score (nSPS) is 13.3. The Bertz CT molecular complexity index is 1200. The van der Waals surface area contributed by atoms with Crippen molar-refractivity contribution in [1.29, 1.82) is 0 Å². The second kappa shape index (κ2) is 11.3. The lowest BCUT2D eigenvalue weighted by Crippen LogP contribution is -2.44. The molecule has 3 aromatic rings. The zero-order valence-corrected chi connectivity index (χ0v) is 21.4. The average molecular weight is 516 g/mol. The van der Waals surface area contributed by atoms with Gasteiger partial charge in [-0.2, -0.15) is 9.97 Å². The number of carbonyl (C=O) groups is 1. The van der Waals surface area contributed by atoms with Crippen LogP contribution in [0.3, 0.4) is 0 Å². The molecule has 12 nitrogen and oxygen atoms in total. The van der Waals surface area contributed by atoms with Crippen LogP contribution in [0.4, 0.5) is 22.7 Å². The molecule has 0 saturated carbocycles. The second-order valence-corrected chi connectivity index (χ2v) is 8.92. The summed E-state index contributed by atoms with van der Waals surface area (Å²) < 4.78 is 16.3. The van der Waals surface area contributed by atoms with E-state index in [1.54, 1.807) is 28.3 Å². The van der Waals surface area contributed by atoms with Crippen molar-refractivity contribution in [2.45, 2.75) is 13.5 Å². The summed E-state index contributed by atoms with van der Waals surface area (Å²) in [5.41, 5.74) is 1.34. The molecule has 1 saturated heterocycles. The van der Waals surface area contributed by atoms with Crippen LogP contribution >= 0.6 is 11.3 Å². The van der Waals surface area contributed by atoms with Crippen molar-refractivity contribution in [3.05, 3.63) is 34.3 Å². The maximum absolute atomic E-state index is 11.4. The fourth-order valence-electron chi connectivity index (χ4n) is 3.81. The molecule has 2 aromatic heterocycles. The lowest BCUT2D eigenvalue weighted by Gasteiger charge is -2.28. The molecular formula is C23H29N7O5S. The summed E-state index contributed by atoms with van der Waals surface area (Å²) in [6.45, 7) is 5.43. The van der Waals surface area contributed by atoms with Crippen LogP contribution in [0.1, 0.15) is 20.9 Å². The molecule has 1 aliphatic heterocycles. The fraction of sp³-hybridized carbons (Fsp3) is 0.391. The van der Waals surface area contributed by atoms with Gasteiger partial charge in [0.1, 0.15) is 16.5 Å². The molecule has 0 spiro atoms. The number of aromatic nitrogens is 3. The standard InChI is InChI=1S/C23H29N7O5S/c1-13-20(21(31)32)36-23(26-13)29-22-27-17(11-18(28-22)30-7-5-24-6-8-30)25-12-14-9-15(33-2)19(35-4)16(10-14)34-3/h9-11,24H,5-8,12H2,1-4H3,(H,31,32)(H2,25,26,27,28,29). The van der Waals surface area contributed by atoms with E-state index in [0.717, 1.165) is 48.9 Å². The van der Waals surface area contributed by atoms with Crippen LogP contribution in [0, 0.1) is 6.92 Å². The highest BCUT2D eigenvalue weighted by molar-refractivity contribution is 7.17. The van der Waals surface area contributed by atoms with E-state index in [-0.39, 0.29) is 4.88 Å². The minimum Gasteiger partial charge on any atom is -0.493 e. The molecule has 4 rings (SSSR count). The lowest BCUT2D eigenvalue weighted by atomic mass is 10.1. The molecular weight excluding hydrogens is 486 g/mol. The maximum atomic E-state index is 11.4. The van der Waals surface area contributed by atoms with Crippen molar-refractivity contribution in [3.63, 3.8) is 0 Å². The van der Waals surface area contributed by atoms with E-state index < -0.39 is 5.97 Å². The van der Waals surface area contributed by atoms with Crippen molar-refractivity contribution < 1.29 is 24.1 Å². The van der Waals surface area contributed by atoms with Gasteiger partial charge in [-0.25, -0.2) is 9.78 Å². The number of aryl methyl sites for hydroxylation is 1. The highest BCUT2D eigenvalue weighted by Gasteiger charge is 2.18. The molecule has 0 aliphatic carbocycles. The number of carboxylic acids is 1. The summed E-state index contributed by atoms with van der Waals surface area (Å²) in [6, 6.07) is 5.64. The Morgan fingerprint density at radius 2 is 1.78 bits per heavy atom. The van der Waals surface area contributed by atoms with Gasteiger partial charge in [0.15, 0.2) is 16.6 Å². The van der Waals surface area contributed by atoms with Crippen molar-refractivity contribution >= 4 is 40.0 Å². The highest BCUT2D eigenvalue weighted by Crippen LogP contribution is 2.38. The van der Waals surface area contributed by atoms with Crippen molar-refractivity contribution in [2.75, 3.05) is 63.0 Å². The maximum Gasteiger partial charge on any atom is 0.347 e. The number of thiazole rings is 1. The molecule has 36 heavy (non-hydrogen) atoms. The fourth-order valence-corrected chi connectivity index (χ4v) is 4.61. The number of ether oxygens (including phenoxy) is 3. The van der Waals surface area contributed by atoms with Gasteiger partial charge in [-0.1, -0.05) is 11.3 Å². The van der Waals surface area contributed by atoms with Crippen LogP contribution in [-0.4, -0.2) is 73.5 Å². The first-order chi connectivity index (χ1) is 17.4. The quantitative estimate of drug-likeness (QED) is 0.315. The Kier molecular flexibility index (Phi) is 7.90. The summed E-state index contributed by atoms with van der Waals surface area (Å²) in [6.07, 6.45) is 0. The molecule has 13 heteroatoms. The average Bonchev–Trinajstić information content (AvgIpc) is 3.27. The molecule has 1 aromatic carbocycles. The zero-order valence-electron chi connectivity index (χ0n) is 20.5. The van der Waals surface area contributed by atoms with Gasteiger partial charge in [0.05, 0.1) is 27.0 Å². The Labute approximate surface area is 212 Å². The van der Waals surface area contributed by atoms with Gasteiger partial charge in [0.2, 0.25) is 11.7 Å². The van der Waals surface area contributed by atoms with E-state index in [0.29, 0.717) is 46.4 Å². The number of nitrogens with one attached hydrogen (secondary N) is 3. The van der Waals surface area contributed by atoms with Gasteiger partial charge in [-0.05, 0) is 24.6 Å². The summed E-state index contributed by atoms with van der Waals surface area (Å²) in [7, 11) is 4.72. The number of piperazine rings is 1. The van der Waals surface area contributed by atoms with Gasteiger partial charge in [0.25, 0.3) is 0 Å². The van der Waals surface area contributed by atoms with Crippen LogP contribution in [0.15, 0.2) is 18.2 Å². The van der Waals surface area contributed by atoms with E-state index in [4.69, 9.17) is 14.2 Å². The monoisotopic (exact) mass is 515 g/mol. The Hall–Kier alpha value is -3.84. The molecule has 192 valence electrons. The summed E-state index contributed by atoms with van der Waals surface area (Å²) in [5, 5.41) is 19.5. The van der Waals surface area contributed by atoms with Gasteiger partial charge >= 0.3 is 5.97 Å². The number of anilines is 4. The first-order valence-electron chi connectivity index (χ1n) is 11.3. The highest BCUT2D eigenvalue weighted by atomic mass is 32.1. The molecule has 4 N–H and O–H groups in total. The third-order valence-electron chi connectivity index (χ3n) is 5.56. The summed E-state index contributed by atoms with van der Waals surface area (Å²) >= 11 is 1.05. The van der Waals surface area contributed by atoms with Gasteiger partial charge in [0, 0.05) is 38.8 Å². The smallest absolute Gasteiger partial charge is 0.347 e. The number of aromatic carboxylic acids is 1. The van der Waals surface area contributed by atoms with E-state index in [1.165, 1.54) is 0 Å². The van der Waals surface area contributed by atoms with E-state index in [9.17, 15) is 9.90 Å². The van der Waals surface area contributed by atoms with Crippen LogP contribution in [0.2, 0.25) is 0 Å². The van der Waals surface area contributed by atoms with Crippen LogP contribution < -0.4 is 35.1 Å². The number of benzene rings is 1. The SMILES string of the molecule is COc1cc(CNc2cc(N3CCNCC3)nc(Nc3nc(C)c(C(=O)O)s3)n2)cc(OC)c1OC. The number of nitrogens with zero attached hydrogens (tertiary/aromatic N) is 4. The van der Waals surface area contributed by atoms with Crippen molar-refractivity contribution in [3.8, 4) is 17.2 Å². The van der Waals surface area contributed by atoms with Gasteiger partial charge in [-0.3, -0.25) is 5.32 Å². The third-order valence-corrected chi connectivity index (χ3v) is 6.62. The lowest BCUT2D eigenvalue weighted by molar-refractivity contribution is 0.0701. The molecule has 1 fully saturated rings. The largest absolute Gasteiger partial charge is 0.493 e. The number of carboxylic acid groups (broad SMARTS) is 1. The number of hydrogen-bond acceptors (Lipinski definition) is 12.